The third kappa shape index (κ3) is 2.85. The summed E-state index contributed by atoms with van der Waals surface area (Å²) in [6.45, 7) is 1.99. The number of hydrogen-bond donors (Lipinski definition) is 1. The Kier molecular flexibility index (Phi) is 3.90. The molecular weight excluding hydrogens is 334 g/mol. The molecule has 0 saturated carbocycles. The second-order valence-electron chi connectivity index (χ2n) is 6.01. The normalized spacial score (nSPS) is 16.0. The fraction of sp³-hybridized carbons (Fsp3) is 0.100. The van der Waals surface area contributed by atoms with Crippen molar-refractivity contribution in [2.24, 2.45) is 0 Å². The van der Waals surface area contributed by atoms with E-state index in [0.717, 1.165) is 16.8 Å². The minimum atomic E-state index is -0.320. The Morgan fingerprint density at radius 3 is 2.60 bits per heavy atom. The van der Waals surface area contributed by atoms with Crippen LogP contribution in [0.4, 0.5) is 11.5 Å². The van der Waals surface area contributed by atoms with E-state index in [4.69, 9.17) is 11.6 Å². The van der Waals surface area contributed by atoms with E-state index in [9.17, 15) is 4.79 Å². The second-order valence-corrected chi connectivity index (χ2v) is 6.44. The zero-order valence-corrected chi connectivity index (χ0v) is 14.4. The maximum absolute atomic E-state index is 13.0. The summed E-state index contributed by atoms with van der Waals surface area (Å²) in [5.41, 5.74) is 3.57. The summed E-state index contributed by atoms with van der Waals surface area (Å²) >= 11 is 5.97. The Labute approximate surface area is 151 Å². The van der Waals surface area contributed by atoms with Crippen LogP contribution in [0, 0.1) is 6.92 Å². The van der Waals surface area contributed by atoms with Gasteiger partial charge in [-0.15, -0.1) is 0 Å². The highest BCUT2D eigenvalue weighted by Gasteiger charge is 2.38. The second kappa shape index (κ2) is 6.22. The van der Waals surface area contributed by atoms with Crippen LogP contribution in [0.25, 0.3) is 0 Å². The number of amides is 1. The van der Waals surface area contributed by atoms with Crippen LogP contribution >= 0.6 is 11.6 Å². The van der Waals surface area contributed by atoms with Gasteiger partial charge >= 0.3 is 0 Å². The molecule has 0 bridgehead atoms. The summed E-state index contributed by atoms with van der Waals surface area (Å²) < 4.78 is 0. The molecule has 1 aliphatic heterocycles. The van der Waals surface area contributed by atoms with Gasteiger partial charge in [-0.2, -0.15) is 0 Å². The molecule has 0 radical (unpaired) electrons. The number of pyridine rings is 1. The Morgan fingerprint density at radius 2 is 1.84 bits per heavy atom. The predicted octanol–water partition coefficient (Wildman–Crippen LogP) is 4.81. The average molecular weight is 350 g/mol. The first kappa shape index (κ1) is 15.7. The van der Waals surface area contributed by atoms with Gasteiger partial charge in [0.1, 0.15) is 12.0 Å². The first-order valence-electron chi connectivity index (χ1n) is 8.01. The number of benzene rings is 2. The minimum Gasteiger partial charge on any atom is -0.361 e. The van der Waals surface area contributed by atoms with E-state index in [1.807, 2.05) is 67.6 Å². The minimum absolute atomic E-state index is 0.0554. The zero-order chi connectivity index (χ0) is 17.4. The number of hydrogen-bond acceptors (Lipinski definition) is 3. The molecule has 2 aromatic carbocycles. The van der Waals surface area contributed by atoms with Gasteiger partial charge < -0.3 is 5.32 Å². The van der Waals surface area contributed by atoms with E-state index in [1.54, 1.807) is 11.1 Å². The van der Waals surface area contributed by atoms with Crippen molar-refractivity contribution in [1.29, 1.82) is 0 Å². The van der Waals surface area contributed by atoms with Gasteiger partial charge in [-0.25, -0.2) is 4.98 Å². The molecule has 1 unspecified atom stereocenters. The molecule has 0 saturated heterocycles. The fourth-order valence-electron chi connectivity index (χ4n) is 3.05. The molecule has 0 fully saturated rings. The lowest BCUT2D eigenvalue weighted by Gasteiger charge is -2.26. The van der Waals surface area contributed by atoms with Crippen molar-refractivity contribution >= 4 is 29.0 Å². The van der Waals surface area contributed by atoms with Crippen LogP contribution in [0.3, 0.4) is 0 Å². The van der Waals surface area contributed by atoms with E-state index in [1.165, 1.54) is 0 Å². The summed E-state index contributed by atoms with van der Waals surface area (Å²) in [7, 11) is 0. The van der Waals surface area contributed by atoms with Gasteiger partial charge in [0.25, 0.3) is 5.91 Å². The number of nitrogens with one attached hydrogen (secondary N) is 1. The predicted molar refractivity (Wildman–Crippen MR) is 100 cm³/mol. The van der Waals surface area contributed by atoms with Crippen molar-refractivity contribution in [1.82, 2.24) is 4.98 Å². The third-order valence-electron chi connectivity index (χ3n) is 4.26. The topological polar surface area (TPSA) is 45.2 Å². The van der Waals surface area contributed by atoms with Crippen LogP contribution in [-0.4, -0.2) is 10.9 Å². The van der Waals surface area contributed by atoms with Crippen LogP contribution in [0.1, 0.15) is 27.7 Å². The molecule has 0 aliphatic carbocycles. The molecule has 1 aromatic heterocycles. The number of rotatable bonds is 3. The summed E-state index contributed by atoms with van der Waals surface area (Å²) in [6.07, 6.45) is 1.40. The summed E-state index contributed by atoms with van der Waals surface area (Å²) in [5, 5.41) is 4.10. The van der Waals surface area contributed by atoms with E-state index in [0.29, 0.717) is 16.4 Å². The summed E-state index contributed by atoms with van der Waals surface area (Å²) in [4.78, 5) is 19.1. The van der Waals surface area contributed by atoms with Gasteiger partial charge in [0.05, 0.1) is 0 Å². The molecule has 0 spiro atoms. The van der Waals surface area contributed by atoms with Crippen LogP contribution in [0.5, 0.6) is 0 Å². The monoisotopic (exact) mass is 349 g/mol. The van der Waals surface area contributed by atoms with Crippen LogP contribution in [-0.2, 0) is 0 Å². The molecule has 2 heterocycles. The highest BCUT2D eigenvalue weighted by molar-refractivity contribution is 6.30. The number of nitrogens with zero attached hydrogens (tertiary/aromatic N) is 2. The highest BCUT2D eigenvalue weighted by Crippen LogP contribution is 2.37. The fourth-order valence-corrected chi connectivity index (χ4v) is 3.18. The molecular formula is C20H16ClN3O. The lowest BCUT2D eigenvalue weighted by Crippen LogP contribution is -2.33. The third-order valence-corrected chi connectivity index (χ3v) is 4.51. The molecule has 4 nitrogen and oxygen atoms in total. The number of anilines is 2. The Balaban J connectivity index is 1.78. The SMILES string of the molecule is Cc1ccnc(N2C(=O)c3ccccc3C2Nc2ccc(Cl)cc2)c1. The number of carbonyl (C=O) groups is 1. The van der Waals surface area contributed by atoms with Crippen LogP contribution in [0.15, 0.2) is 66.9 Å². The molecule has 4 rings (SSSR count). The standard InChI is InChI=1S/C20H16ClN3O/c1-13-10-11-22-18(12-13)24-19(23-15-8-6-14(21)7-9-15)16-4-2-3-5-17(16)20(24)25/h2-12,19,23H,1H3. The quantitative estimate of drug-likeness (QED) is 0.737. The van der Waals surface area contributed by atoms with Crippen molar-refractivity contribution < 1.29 is 4.79 Å². The lowest BCUT2D eigenvalue weighted by atomic mass is 10.1. The molecule has 1 amide bonds. The number of aromatic nitrogens is 1. The van der Waals surface area contributed by atoms with Gasteiger partial charge in [0.15, 0.2) is 0 Å². The number of halogens is 1. The Bertz CT molecular complexity index is 940. The summed E-state index contributed by atoms with van der Waals surface area (Å²) in [6, 6.07) is 18.9. The van der Waals surface area contributed by atoms with Crippen molar-refractivity contribution in [3.8, 4) is 0 Å². The van der Waals surface area contributed by atoms with Crippen LogP contribution < -0.4 is 10.2 Å². The maximum atomic E-state index is 13.0. The van der Waals surface area contributed by atoms with E-state index >= 15 is 0 Å². The number of aryl methyl sites for hydroxylation is 1. The maximum Gasteiger partial charge on any atom is 0.261 e. The van der Waals surface area contributed by atoms with E-state index in [-0.39, 0.29) is 12.1 Å². The van der Waals surface area contributed by atoms with Crippen molar-refractivity contribution in [2.75, 3.05) is 10.2 Å². The van der Waals surface area contributed by atoms with E-state index < -0.39 is 0 Å². The van der Waals surface area contributed by atoms with Crippen molar-refractivity contribution in [3.63, 3.8) is 0 Å². The molecule has 1 atom stereocenters. The lowest BCUT2D eigenvalue weighted by molar-refractivity contribution is 0.0992. The number of fused-ring (bicyclic) bond motifs is 1. The zero-order valence-electron chi connectivity index (χ0n) is 13.6. The van der Waals surface area contributed by atoms with Gasteiger partial charge in [-0.05, 0) is 55.0 Å². The van der Waals surface area contributed by atoms with Gasteiger partial charge in [-0.3, -0.25) is 9.69 Å². The molecule has 25 heavy (non-hydrogen) atoms. The van der Waals surface area contributed by atoms with Gasteiger partial charge in [0.2, 0.25) is 0 Å². The molecule has 124 valence electrons. The van der Waals surface area contributed by atoms with Crippen molar-refractivity contribution in [2.45, 2.75) is 13.1 Å². The molecule has 3 aromatic rings. The highest BCUT2D eigenvalue weighted by atomic mass is 35.5. The molecule has 5 heteroatoms. The summed E-state index contributed by atoms with van der Waals surface area (Å²) in [5.74, 6) is 0.577. The van der Waals surface area contributed by atoms with E-state index in [2.05, 4.69) is 10.3 Å². The van der Waals surface area contributed by atoms with Crippen LogP contribution in [0.2, 0.25) is 5.02 Å². The average Bonchev–Trinajstić information content (AvgIpc) is 2.89. The van der Waals surface area contributed by atoms with Gasteiger partial charge in [-0.1, -0.05) is 29.8 Å². The first-order valence-corrected chi connectivity index (χ1v) is 8.38. The van der Waals surface area contributed by atoms with Crippen molar-refractivity contribution in [3.05, 3.63) is 88.6 Å². The Hall–Kier alpha value is -2.85. The number of carbonyl (C=O) groups excluding carboxylic acids is 1. The van der Waals surface area contributed by atoms with Gasteiger partial charge in [0, 0.05) is 28.0 Å². The Morgan fingerprint density at radius 1 is 1.08 bits per heavy atom. The molecule has 1 aliphatic rings. The smallest absolute Gasteiger partial charge is 0.261 e. The first-order chi connectivity index (χ1) is 12.1. The largest absolute Gasteiger partial charge is 0.361 e. The molecule has 1 N–H and O–H groups in total.